The van der Waals surface area contributed by atoms with Gasteiger partial charge < -0.3 is 0 Å². The van der Waals surface area contributed by atoms with E-state index in [1.165, 1.54) is 6.08 Å². The lowest BCUT2D eigenvalue weighted by molar-refractivity contribution is -0.111. The summed E-state index contributed by atoms with van der Waals surface area (Å²) in [5.41, 5.74) is 3.27. The van der Waals surface area contributed by atoms with Crippen LogP contribution >= 0.6 is 0 Å². The minimum Gasteiger partial charge on any atom is -0.286 e. The maximum Gasteiger partial charge on any atom is 0.233 e. The van der Waals surface area contributed by atoms with Crippen LogP contribution in [-0.2, 0) is 10.2 Å². The number of carbonyl (C=O) groups is 2. The van der Waals surface area contributed by atoms with E-state index in [0.717, 1.165) is 16.7 Å². The monoisotopic (exact) mass is 270 g/mol. The van der Waals surface area contributed by atoms with E-state index in [2.05, 4.69) is 47.6 Å². The molecule has 2 nitrogen and oxygen atoms in total. The summed E-state index contributed by atoms with van der Waals surface area (Å²) in [6.07, 6.45) is 1.50. The summed E-state index contributed by atoms with van der Waals surface area (Å²) in [6.45, 7) is 12.5. The molecule has 1 aromatic carbocycles. The van der Waals surface area contributed by atoms with Gasteiger partial charge in [0.05, 0.1) is 0 Å². The van der Waals surface area contributed by atoms with Gasteiger partial charge in [-0.05, 0) is 39.7 Å². The van der Waals surface area contributed by atoms with Crippen LogP contribution in [0.1, 0.15) is 63.0 Å². The quantitative estimate of drug-likeness (QED) is 0.663. The SMILES string of the molecule is CC(C)(C)C1=CC(=O)C(=O)c2cc(C(C)(C)C)ccc21. The van der Waals surface area contributed by atoms with Crippen LogP contribution in [0.2, 0.25) is 0 Å². The summed E-state index contributed by atoms with van der Waals surface area (Å²) in [7, 11) is 0. The first kappa shape index (κ1) is 14.7. The van der Waals surface area contributed by atoms with Gasteiger partial charge in [0.15, 0.2) is 0 Å². The van der Waals surface area contributed by atoms with Gasteiger partial charge in [-0.3, -0.25) is 9.59 Å². The lowest BCUT2D eigenvalue weighted by atomic mass is 9.74. The molecule has 106 valence electrons. The Morgan fingerprint density at radius 3 is 1.90 bits per heavy atom. The summed E-state index contributed by atoms with van der Waals surface area (Å²) < 4.78 is 0. The minimum absolute atomic E-state index is 0.0403. The van der Waals surface area contributed by atoms with E-state index in [4.69, 9.17) is 0 Å². The van der Waals surface area contributed by atoms with E-state index in [-0.39, 0.29) is 16.6 Å². The Bertz CT molecular complexity index is 620. The third-order valence-corrected chi connectivity index (χ3v) is 3.73. The Labute approximate surface area is 120 Å². The molecule has 2 rings (SSSR count). The standard InChI is InChI=1S/C18H22O2/c1-17(2,3)11-7-8-12-13(9-11)16(20)15(19)10-14(12)18(4,5)6/h7-10H,1-6H3. The predicted octanol–water partition coefficient (Wildman–Crippen LogP) is 4.18. The Hall–Kier alpha value is -1.70. The Balaban J connectivity index is 2.69. The van der Waals surface area contributed by atoms with E-state index in [9.17, 15) is 9.59 Å². The molecular weight excluding hydrogens is 248 g/mol. The molecule has 0 amide bonds. The average Bonchev–Trinajstić information content (AvgIpc) is 2.30. The minimum atomic E-state index is -0.409. The number of hydrogen-bond acceptors (Lipinski definition) is 2. The van der Waals surface area contributed by atoms with Crippen molar-refractivity contribution in [3.8, 4) is 0 Å². The fourth-order valence-corrected chi connectivity index (χ4v) is 2.46. The van der Waals surface area contributed by atoms with Crippen molar-refractivity contribution in [2.45, 2.75) is 47.0 Å². The first-order chi connectivity index (χ1) is 9.01. The molecule has 0 saturated heterocycles. The van der Waals surface area contributed by atoms with Gasteiger partial charge in [0.25, 0.3) is 0 Å². The van der Waals surface area contributed by atoms with Crippen molar-refractivity contribution < 1.29 is 9.59 Å². The molecule has 1 aliphatic carbocycles. The number of fused-ring (bicyclic) bond motifs is 1. The number of carbonyl (C=O) groups excluding carboxylic acids is 2. The molecule has 0 unspecified atom stereocenters. The van der Waals surface area contributed by atoms with Crippen LogP contribution in [0, 0.1) is 5.41 Å². The van der Waals surface area contributed by atoms with E-state index >= 15 is 0 Å². The molecule has 20 heavy (non-hydrogen) atoms. The number of rotatable bonds is 0. The summed E-state index contributed by atoms with van der Waals surface area (Å²) in [5.74, 6) is -0.799. The van der Waals surface area contributed by atoms with Gasteiger partial charge in [0.2, 0.25) is 11.6 Å². The smallest absolute Gasteiger partial charge is 0.233 e. The lowest BCUT2D eigenvalue weighted by Crippen LogP contribution is -2.24. The number of allylic oxidation sites excluding steroid dienone is 2. The van der Waals surface area contributed by atoms with Gasteiger partial charge in [-0.25, -0.2) is 0 Å². The highest BCUT2D eigenvalue weighted by Crippen LogP contribution is 2.39. The van der Waals surface area contributed by atoms with Crippen molar-refractivity contribution in [3.05, 3.63) is 41.0 Å². The van der Waals surface area contributed by atoms with E-state index in [1.807, 2.05) is 12.1 Å². The highest BCUT2D eigenvalue weighted by molar-refractivity contribution is 6.50. The Morgan fingerprint density at radius 2 is 1.40 bits per heavy atom. The Kier molecular flexibility index (Phi) is 3.24. The zero-order valence-corrected chi connectivity index (χ0v) is 13.1. The van der Waals surface area contributed by atoms with Crippen LogP contribution in [-0.4, -0.2) is 11.6 Å². The van der Waals surface area contributed by atoms with Crippen molar-refractivity contribution in [1.29, 1.82) is 0 Å². The van der Waals surface area contributed by atoms with Crippen molar-refractivity contribution >= 4 is 17.1 Å². The van der Waals surface area contributed by atoms with Crippen LogP contribution in [0.3, 0.4) is 0 Å². The van der Waals surface area contributed by atoms with E-state index in [0.29, 0.717) is 5.56 Å². The second-order valence-corrected chi connectivity index (χ2v) is 7.51. The van der Waals surface area contributed by atoms with Crippen LogP contribution in [0.25, 0.3) is 5.57 Å². The largest absolute Gasteiger partial charge is 0.286 e. The first-order valence-corrected chi connectivity index (χ1v) is 6.97. The van der Waals surface area contributed by atoms with Crippen LogP contribution < -0.4 is 0 Å². The normalized spacial score (nSPS) is 16.0. The number of ketones is 2. The van der Waals surface area contributed by atoms with E-state index in [1.54, 1.807) is 0 Å². The van der Waals surface area contributed by atoms with Gasteiger partial charge in [0, 0.05) is 5.56 Å². The molecule has 0 heterocycles. The fraction of sp³-hybridized carbons (Fsp3) is 0.444. The van der Waals surface area contributed by atoms with Crippen molar-refractivity contribution in [1.82, 2.24) is 0 Å². The van der Waals surface area contributed by atoms with E-state index < -0.39 is 5.78 Å². The second kappa shape index (κ2) is 4.41. The molecule has 1 aliphatic rings. The van der Waals surface area contributed by atoms with Gasteiger partial charge in [-0.1, -0.05) is 53.7 Å². The zero-order chi connectivity index (χ0) is 15.3. The molecule has 0 aliphatic heterocycles. The van der Waals surface area contributed by atoms with Gasteiger partial charge >= 0.3 is 0 Å². The van der Waals surface area contributed by atoms with Crippen LogP contribution in [0.4, 0.5) is 0 Å². The highest BCUT2D eigenvalue weighted by atomic mass is 16.2. The molecule has 1 aromatic rings. The molecule has 0 radical (unpaired) electrons. The van der Waals surface area contributed by atoms with Gasteiger partial charge in [-0.15, -0.1) is 0 Å². The lowest BCUT2D eigenvalue weighted by Gasteiger charge is -2.29. The third-order valence-electron chi connectivity index (χ3n) is 3.73. The summed E-state index contributed by atoms with van der Waals surface area (Å²) in [6, 6.07) is 5.92. The second-order valence-electron chi connectivity index (χ2n) is 7.51. The molecule has 0 fully saturated rings. The molecule has 0 saturated carbocycles. The predicted molar refractivity (Wildman–Crippen MR) is 81.9 cm³/mol. The molecule has 0 bridgehead atoms. The maximum absolute atomic E-state index is 12.2. The van der Waals surface area contributed by atoms with Crippen molar-refractivity contribution in [3.63, 3.8) is 0 Å². The van der Waals surface area contributed by atoms with Crippen LogP contribution in [0.15, 0.2) is 24.3 Å². The highest BCUT2D eigenvalue weighted by Gasteiger charge is 2.32. The van der Waals surface area contributed by atoms with Gasteiger partial charge in [0.1, 0.15) is 0 Å². The first-order valence-electron chi connectivity index (χ1n) is 6.97. The molecule has 0 atom stereocenters. The fourth-order valence-electron chi connectivity index (χ4n) is 2.46. The van der Waals surface area contributed by atoms with Gasteiger partial charge in [-0.2, -0.15) is 0 Å². The zero-order valence-electron chi connectivity index (χ0n) is 13.1. The topological polar surface area (TPSA) is 34.1 Å². The Morgan fingerprint density at radius 1 is 0.800 bits per heavy atom. The molecule has 0 aromatic heterocycles. The molecular formula is C18H22O2. The number of hydrogen-bond donors (Lipinski definition) is 0. The third kappa shape index (κ3) is 2.47. The number of Topliss-reactive ketones (excluding diaryl/α,β-unsaturated/α-hetero) is 1. The van der Waals surface area contributed by atoms with Crippen molar-refractivity contribution in [2.24, 2.45) is 5.41 Å². The molecule has 2 heteroatoms. The maximum atomic E-state index is 12.2. The van der Waals surface area contributed by atoms with Crippen molar-refractivity contribution in [2.75, 3.05) is 0 Å². The van der Waals surface area contributed by atoms with Crippen LogP contribution in [0.5, 0.6) is 0 Å². The summed E-state index contributed by atoms with van der Waals surface area (Å²) in [5, 5.41) is 0. The molecule has 0 spiro atoms. The average molecular weight is 270 g/mol. The summed E-state index contributed by atoms with van der Waals surface area (Å²) in [4.78, 5) is 24.1. The molecule has 0 N–H and O–H groups in total. The summed E-state index contributed by atoms with van der Waals surface area (Å²) >= 11 is 0. The number of benzene rings is 1.